The summed E-state index contributed by atoms with van der Waals surface area (Å²) in [4.78, 5) is 17.5. The zero-order valence-corrected chi connectivity index (χ0v) is 16.7. The van der Waals surface area contributed by atoms with Gasteiger partial charge in [0.15, 0.2) is 4.80 Å². The summed E-state index contributed by atoms with van der Waals surface area (Å²) in [6.45, 7) is 2.59. The van der Waals surface area contributed by atoms with Gasteiger partial charge in [0.2, 0.25) is 0 Å². The van der Waals surface area contributed by atoms with Gasteiger partial charge in [0.25, 0.3) is 5.91 Å². The van der Waals surface area contributed by atoms with E-state index in [0.29, 0.717) is 33.4 Å². The van der Waals surface area contributed by atoms with Crippen LogP contribution >= 0.6 is 34.5 Å². The molecule has 8 heteroatoms. The number of hydrogen-bond donors (Lipinski definition) is 0. The second-order valence-electron chi connectivity index (χ2n) is 5.32. The molecule has 26 heavy (non-hydrogen) atoms. The number of hydrogen-bond acceptors (Lipinski definition) is 4. The Bertz CT molecular complexity index is 1060. The number of carbonyl (C=O) groups is 1. The van der Waals surface area contributed by atoms with Crippen molar-refractivity contribution in [1.82, 2.24) is 4.57 Å². The number of amides is 1. The summed E-state index contributed by atoms with van der Waals surface area (Å²) >= 11 is 13.4. The lowest BCUT2D eigenvalue weighted by Crippen LogP contribution is -2.16. The molecule has 0 unspecified atom stereocenters. The summed E-state index contributed by atoms with van der Waals surface area (Å²) in [6.07, 6.45) is 0. The van der Waals surface area contributed by atoms with Crippen molar-refractivity contribution in [2.75, 3.05) is 14.2 Å². The molecule has 136 valence electrons. The molecule has 0 aliphatic rings. The molecule has 0 aliphatic heterocycles. The molecule has 0 N–H and O–H groups in total. The molecule has 2 aromatic carbocycles. The molecular formula is C18H16Cl2N2O3S. The SMILES string of the molecule is CCn1c(=NC(=O)c2ccc(Cl)cc2Cl)sc2c(OC)ccc(OC)c21. The molecule has 1 heterocycles. The van der Waals surface area contributed by atoms with Crippen molar-refractivity contribution in [3.8, 4) is 11.5 Å². The fourth-order valence-electron chi connectivity index (χ4n) is 2.64. The largest absolute Gasteiger partial charge is 0.495 e. The number of aromatic nitrogens is 1. The summed E-state index contributed by atoms with van der Waals surface area (Å²) in [5.74, 6) is 0.960. The number of carbonyl (C=O) groups excluding carboxylic acids is 1. The standard InChI is InChI=1S/C18H16Cl2N2O3S/c1-4-22-15-13(24-2)7-8-14(25-3)16(15)26-18(22)21-17(23)11-6-5-10(19)9-12(11)20/h5-9H,4H2,1-3H3. The van der Waals surface area contributed by atoms with Crippen LogP contribution in [0.1, 0.15) is 17.3 Å². The highest BCUT2D eigenvalue weighted by Crippen LogP contribution is 2.35. The van der Waals surface area contributed by atoms with E-state index in [-0.39, 0.29) is 5.02 Å². The van der Waals surface area contributed by atoms with Gasteiger partial charge in [-0.15, -0.1) is 0 Å². The predicted molar refractivity (Wildman–Crippen MR) is 105 cm³/mol. The maximum Gasteiger partial charge on any atom is 0.281 e. The van der Waals surface area contributed by atoms with Crippen LogP contribution in [0.5, 0.6) is 11.5 Å². The Morgan fingerprint density at radius 2 is 1.85 bits per heavy atom. The minimum Gasteiger partial charge on any atom is -0.495 e. The molecule has 1 aromatic heterocycles. The predicted octanol–water partition coefficient (Wildman–Crippen LogP) is 4.79. The third kappa shape index (κ3) is 3.32. The quantitative estimate of drug-likeness (QED) is 0.621. The van der Waals surface area contributed by atoms with E-state index in [9.17, 15) is 4.79 Å². The monoisotopic (exact) mass is 410 g/mol. The Labute approximate surface area is 164 Å². The van der Waals surface area contributed by atoms with Crippen LogP contribution in [0.15, 0.2) is 35.3 Å². The maximum absolute atomic E-state index is 12.6. The normalized spacial score (nSPS) is 11.8. The molecule has 3 aromatic rings. The van der Waals surface area contributed by atoms with Crippen molar-refractivity contribution >= 4 is 50.7 Å². The molecule has 0 atom stereocenters. The summed E-state index contributed by atoms with van der Waals surface area (Å²) < 4.78 is 13.7. The second-order valence-corrected chi connectivity index (χ2v) is 7.14. The first-order valence-electron chi connectivity index (χ1n) is 7.78. The van der Waals surface area contributed by atoms with Crippen LogP contribution in [0.4, 0.5) is 0 Å². The van der Waals surface area contributed by atoms with E-state index in [2.05, 4.69) is 4.99 Å². The molecule has 3 rings (SSSR count). The van der Waals surface area contributed by atoms with Crippen molar-refractivity contribution in [2.24, 2.45) is 4.99 Å². The average molecular weight is 411 g/mol. The zero-order valence-electron chi connectivity index (χ0n) is 14.4. The molecule has 0 saturated carbocycles. The van der Waals surface area contributed by atoms with Gasteiger partial charge in [-0.05, 0) is 37.3 Å². The van der Waals surface area contributed by atoms with E-state index in [4.69, 9.17) is 32.7 Å². The summed E-state index contributed by atoms with van der Waals surface area (Å²) in [5.41, 5.74) is 1.14. The number of benzene rings is 2. The molecule has 5 nitrogen and oxygen atoms in total. The highest BCUT2D eigenvalue weighted by atomic mass is 35.5. The van der Waals surface area contributed by atoms with Crippen LogP contribution in [0.3, 0.4) is 0 Å². The number of aryl methyl sites for hydroxylation is 1. The first-order valence-corrected chi connectivity index (χ1v) is 9.35. The Morgan fingerprint density at radius 3 is 2.46 bits per heavy atom. The number of fused-ring (bicyclic) bond motifs is 1. The van der Waals surface area contributed by atoms with Crippen molar-refractivity contribution in [1.29, 1.82) is 0 Å². The van der Waals surface area contributed by atoms with Crippen LogP contribution in [-0.2, 0) is 6.54 Å². The lowest BCUT2D eigenvalue weighted by atomic mass is 10.2. The summed E-state index contributed by atoms with van der Waals surface area (Å²) in [6, 6.07) is 8.38. The van der Waals surface area contributed by atoms with Crippen LogP contribution in [0, 0.1) is 0 Å². The number of rotatable bonds is 4. The van der Waals surface area contributed by atoms with Crippen molar-refractivity contribution in [3.63, 3.8) is 0 Å². The number of thiazole rings is 1. The van der Waals surface area contributed by atoms with Gasteiger partial charge < -0.3 is 14.0 Å². The van der Waals surface area contributed by atoms with Gasteiger partial charge >= 0.3 is 0 Å². The number of methoxy groups -OCH3 is 2. The first-order chi connectivity index (χ1) is 12.5. The molecule has 0 bridgehead atoms. The molecule has 0 aliphatic carbocycles. The fourth-order valence-corrected chi connectivity index (χ4v) is 4.33. The van der Waals surface area contributed by atoms with E-state index in [1.54, 1.807) is 26.4 Å². The molecule has 0 spiro atoms. The van der Waals surface area contributed by atoms with Crippen molar-refractivity contribution in [3.05, 3.63) is 50.7 Å². The van der Waals surface area contributed by atoms with E-state index >= 15 is 0 Å². The number of nitrogens with zero attached hydrogens (tertiary/aromatic N) is 2. The van der Waals surface area contributed by atoms with Gasteiger partial charge in [-0.1, -0.05) is 34.5 Å². The Morgan fingerprint density at radius 1 is 1.15 bits per heavy atom. The van der Waals surface area contributed by atoms with Gasteiger partial charge in [-0.2, -0.15) is 4.99 Å². The third-order valence-electron chi connectivity index (χ3n) is 3.87. The highest BCUT2D eigenvalue weighted by Gasteiger charge is 2.16. The van der Waals surface area contributed by atoms with Crippen LogP contribution in [0.2, 0.25) is 10.0 Å². The zero-order chi connectivity index (χ0) is 18.8. The number of ether oxygens (including phenoxy) is 2. The maximum atomic E-state index is 12.6. The van der Waals surface area contributed by atoms with Crippen LogP contribution < -0.4 is 14.3 Å². The van der Waals surface area contributed by atoms with E-state index < -0.39 is 5.91 Å². The van der Waals surface area contributed by atoms with Gasteiger partial charge in [-0.3, -0.25) is 4.79 Å². The first kappa shape index (κ1) is 18.8. The highest BCUT2D eigenvalue weighted by molar-refractivity contribution is 7.16. The van der Waals surface area contributed by atoms with Crippen molar-refractivity contribution in [2.45, 2.75) is 13.5 Å². The van der Waals surface area contributed by atoms with E-state index in [1.807, 2.05) is 23.6 Å². The molecule has 0 saturated heterocycles. The van der Waals surface area contributed by atoms with E-state index in [0.717, 1.165) is 10.2 Å². The summed E-state index contributed by atoms with van der Waals surface area (Å²) in [7, 11) is 3.21. The van der Waals surface area contributed by atoms with Crippen LogP contribution in [0.25, 0.3) is 10.2 Å². The van der Waals surface area contributed by atoms with E-state index in [1.165, 1.54) is 17.4 Å². The molecular weight excluding hydrogens is 395 g/mol. The van der Waals surface area contributed by atoms with Gasteiger partial charge in [-0.25, -0.2) is 0 Å². The average Bonchev–Trinajstić information content (AvgIpc) is 2.98. The van der Waals surface area contributed by atoms with Crippen LogP contribution in [-0.4, -0.2) is 24.7 Å². The second kappa shape index (κ2) is 7.70. The Balaban J connectivity index is 2.24. The third-order valence-corrected chi connectivity index (χ3v) is 5.51. The fraction of sp³-hybridized carbons (Fsp3) is 0.222. The van der Waals surface area contributed by atoms with Gasteiger partial charge in [0.05, 0.1) is 24.8 Å². The smallest absolute Gasteiger partial charge is 0.281 e. The lowest BCUT2D eigenvalue weighted by Gasteiger charge is -2.08. The van der Waals surface area contributed by atoms with Gasteiger partial charge in [0, 0.05) is 11.6 Å². The Hall–Kier alpha value is -2.02. The summed E-state index contributed by atoms with van der Waals surface area (Å²) in [5, 5.41) is 0.733. The number of halogens is 2. The topological polar surface area (TPSA) is 52.8 Å². The Kier molecular flexibility index (Phi) is 5.55. The van der Waals surface area contributed by atoms with Crippen molar-refractivity contribution < 1.29 is 14.3 Å². The molecule has 0 radical (unpaired) electrons. The van der Waals surface area contributed by atoms with Gasteiger partial charge in [0.1, 0.15) is 21.7 Å². The molecule has 0 fully saturated rings. The minimum atomic E-state index is -0.432. The lowest BCUT2D eigenvalue weighted by molar-refractivity contribution is 0.0998. The molecule has 1 amide bonds. The minimum absolute atomic E-state index is 0.269.